The number of hydrogen-bond acceptors (Lipinski definition) is 5. The van der Waals surface area contributed by atoms with Gasteiger partial charge in [-0.2, -0.15) is 0 Å². The van der Waals surface area contributed by atoms with Gasteiger partial charge in [0.2, 0.25) is 5.91 Å². The predicted octanol–water partition coefficient (Wildman–Crippen LogP) is 2.46. The van der Waals surface area contributed by atoms with E-state index in [1.807, 2.05) is 0 Å². The van der Waals surface area contributed by atoms with Gasteiger partial charge in [-0.15, -0.1) is 11.8 Å². The molecule has 1 N–H and O–H groups in total. The standard InChI is InChI=1S/C19H18FN3O4S/c1-19(14-7-4-9-27-14)17(25)23(18(26)21-19)11-15(24)22-8-10-28-16(22)12-5-2-3-6-13(12)20/h2-7,9,16H,8,10-11H2,1H3,(H,21,26)/t16-,19+/m1/s1. The molecule has 0 saturated carbocycles. The number of benzene rings is 1. The minimum absolute atomic E-state index is 0.293. The largest absolute Gasteiger partial charge is 0.466 e. The number of nitrogens with one attached hydrogen (secondary N) is 1. The number of amides is 4. The summed E-state index contributed by atoms with van der Waals surface area (Å²) in [5, 5.41) is 2.11. The number of nitrogens with zero attached hydrogens (tertiary/aromatic N) is 2. The smallest absolute Gasteiger partial charge is 0.325 e. The normalized spacial score (nSPS) is 24.7. The highest BCUT2D eigenvalue weighted by atomic mass is 32.2. The van der Waals surface area contributed by atoms with Crippen molar-refractivity contribution in [2.24, 2.45) is 0 Å². The van der Waals surface area contributed by atoms with E-state index in [1.165, 1.54) is 35.9 Å². The lowest BCUT2D eigenvalue weighted by Gasteiger charge is -2.26. The van der Waals surface area contributed by atoms with E-state index in [1.54, 1.807) is 30.3 Å². The molecule has 9 heteroatoms. The lowest BCUT2D eigenvalue weighted by molar-refractivity contribution is -0.139. The maximum absolute atomic E-state index is 14.2. The molecule has 0 radical (unpaired) electrons. The van der Waals surface area contributed by atoms with Crippen LogP contribution < -0.4 is 5.32 Å². The van der Waals surface area contributed by atoms with Gasteiger partial charge in [-0.05, 0) is 25.1 Å². The van der Waals surface area contributed by atoms with Crippen LogP contribution in [-0.4, -0.2) is 46.5 Å². The van der Waals surface area contributed by atoms with Crippen LogP contribution in [-0.2, 0) is 15.1 Å². The van der Waals surface area contributed by atoms with Gasteiger partial charge in [0, 0.05) is 17.9 Å². The van der Waals surface area contributed by atoms with Crippen LogP contribution in [0.1, 0.15) is 23.6 Å². The van der Waals surface area contributed by atoms with Gasteiger partial charge in [0.25, 0.3) is 5.91 Å². The molecule has 0 aliphatic carbocycles. The summed E-state index contributed by atoms with van der Waals surface area (Å²) >= 11 is 1.45. The zero-order valence-corrected chi connectivity index (χ0v) is 15.9. The molecule has 1 aromatic carbocycles. The molecule has 7 nitrogen and oxygen atoms in total. The van der Waals surface area contributed by atoms with E-state index < -0.39 is 35.3 Å². The zero-order valence-electron chi connectivity index (χ0n) is 15.1. The Balaban J connectivity index is 1.53. The van der Waals surface area contributed by atoms with Crippen molar-refractivity contribution in [2.45, 2.75) is 17.8 Å². The summed E-state index contributed by atoms with van der Waals surface area (Å²) in [6, 6.07) is 8.85. The molecule has 0 bridgehead atoms. The van der Waals surface area contributed by atoms with E-state index in [0.717, 1.165) is 4.90 Å². The molecule has 2 aliphatic heterocycles. The molecule has 0 unspecified atom stereocenters. The molecule has 146 valence electrons. The van der Waals surface area contributed by atoms with Crippen molar-refractivity contribution in [2.75, 3.05) is 18.8 Å². The number of furan rings is 1. The van der Waals surface area contributed by atoms with Crippen LogP contribution in [0.4, 0.5) is 9.18 Å². The molecule has 2 aromatic rings. The Morgan fingerprint density at radius 3 is 2.82 bits per heavy atom. The van der Waals surface area contributed by atoms with Crippen molar-refractivity contribution in [1.29, 1.82) is 0 Å². The Morgan fingerprint density at radius 1 is 1.32 bits per heavy atom. The van der Waals surface area contributed by atoms with Crippen LogP contribution in [0, 0.1) is 5.82 Å². The van der Waals surface area contributed by atoms with Crippen LogP contribution in [0.25, 0.3) is 0 Å². The number of carbonyl (C=O) groups is 3. The number of hydrogen-bond donors (Lipinski definition) is 1. The number of halogens is 1. The number of imide groups is 1. The van der Waals surface area contributed by atoms with Gasteiger partial charge in [-0.25, -0.2) is 9.18 Å². The van der Waals surface area contributed by atoms with Crippen LogP contribution >= 0.6 is 11.8 Å². The fourth-order valence-electron chi connectivity index (χ4n) is 3.46. The molecule has 2 fully saturated rings. The highest BCUT2D eigenvalue weighted by Crippen LogP contribution is 2.39. The van der Waals surface area contributed by atoms with Gasteiger partial charge in [0.15, 0.2) is 5.54 Å². The third-order valence-corrected chi connectivity index (χ3v) is 6.21. The number of urea groups is 1. The highest BCUT2D eigenvalue weighted by Gasteiger charge is 2.52. The first-order valence-electron chi connectivity index (χ1n) is 8.75. The molecule has 2 atom stereocenters. The van der Waals surface area contributed by atoms with E-state index in [0.29, 0.717) is 23.6 Å². The summed E-state index contributed by atoms with van der Waals surface area (Å²) in [5.74, 6) is -0.419. The fraction of sp³-hybridized carbons (Fsp3) is 0.316. The average molecular weight is 403 g/mol. The minimum atomic E-state index is -1.36. The average Bonchev–Trinajstić information content (AvgIpc) is 3.40. The molecule has 2 saturated heterocycles. The van der Waals surface area contributed by atoms with Crippen molar-refractivity contribution in [3.8, 4) is 0 Å². The molecule has 4 rings (SSSR count). The summed E-state index contributed by atoms with van der Waals surface area (Å²) in [5.41, 5.74) is -0.943. The third kappa shape index (κ3) is 2.95. The van der Waals surface area contributed by atoms with E-state index in [4.69, 9.17) is 4.42 Å². The van der Waals surface area contributed by atoms with E-state index in [-0.39, 0.29) is 5.82 Å². The molecule has 28 heavy (non-hydrogen) atoms. The summed E-state index contributed by atoms with van der Waals surface area (Å²) in [4.78, 5) is 40.5. The third-order valence-electron chi connectivity index (χ3n) is 4.96. The second kappa shape index (κ2) is 6.97. The number of carbonyl (C=O) groups excluding carboxylic acids is 3. The first kappa shape index (κ1) is 18.5. The quantitative estimate of drug-likeness (QED) is 0.793. The fourth-order valence-corrected chi connectivity index (χ4v) is 4.75. The maximum Gasteiger partial charge on any atom is 0.325 e. The van der Waals surface area contributed by atoms with Crippen LogP contribution in [0.5, 0.6) is 0 Å². The maximum atomic E-state index is 14.2. The van der Waals surface area contributed by atoms with Crippen molar-refractivity contribution < 1.29 is 23.2 Å². The minimum Gasteiger partial charge on any atom is -0.466 e. The Kier molecular flexibility index (Phi) is 4.62. The summed E-state index contributed by atoms with van der Waals surface area (Å²) in [7, 11) is 0. The molecule has 1 aromatic heterocycles. The molecule has 0 spiro atoms. The van der Waals surface area contributed by atoms with Crippen LogP contribution in [0.15, 0.2) is 47.1 Å². The van der Waals surface area contributed by atoms with E-state index >= 15 is 0 Å². The SMILES string of the molecule is C[C@@]1(c2ccco2)NC(=O)N(CC(=O)N2CCS[C@@H]2c2ccccc2F)C1=O. The van der Waals surface area contributed by atoms with E-state index in [2.05, 4.69) is 5.32 Å². The second-order valence-corrected chi connectivity index (χ2v) is 7.94. The van der Waals surface area contributed by atoms with Crippen LogP contribution in [0.2, 0.25) is 0 Å². The number of rotatable bonds is 4. The van der Waals surface area contributed by atoms with Crippen LogP contribution in [0.3, 0.4) is 0 Å². The Hall–Kier alpha value is -2.81. The van der Waals surface area contributed by atoms with Crippen molar-refractivity contribution in [1.82, 2.24) is 15.1 Å². The summed E-state index contributed by atoms with van der Waals surface area (Å²) < 4.78 is 19.5. The lowest BCUT2D eigenvalue weighted by atomic mass is 9.99. The molecular weight excluding hydrogens is 385 g/mol. The Morgan fingerprint density at radius 2 is 2.11 bits per heavy atom. The monoisotopic (exact) mass is 403 g/mol. The van der Waals surface area contributed by atoms with Gasteiger partial charge in [-0.1, -0.05) is 18.2 Å². The first-order valence-corrected chi connectivity index (χ1v) is 9.80. The molecule has 2 aliphatic rings. The molecule has 4 amide bonds. The number of thioether (sulfide) groups is 1. The molecule has 3 heterocycles. The summed E-state index contributed by atoms with van der Waals surface area (Å²) in [6.45, 7) is 1.54. The van der Waals surface area contributed by atoms with Crippen molar-refractivity contribution >= 4 is 29.6 Å². The Bertz CT molecular complexity index is 935. The summed E-state index contributed by atoms with van der Waals surface area (Å²) in [6.07, 6.45) is 1.41. The van der Waals surface area contributed by atoms with Gasteiger partial charge in [-0.3, -0.25) is 14.5 Å². The van der Waals surface area contributed by atoms with Gasteiger partial charge in [0.05, 0.1) is 6.26 Å². The van der Waals surface area contributed by atoms with Gasteiger partial charge in [0.1, 0.15) is 23.5 Å². The first-order chi connectivity index (χ1) is 13.4. The van der Waals surface area contributed by atoms with Crippen molar-refractivity contribution in [3.05, 3.63) is 59.8 Å². The predicted molar refractivity (Wildman–Crippen MR) is 99.6 cm³/mol. The van der Waals surface area contributed by atoms with Gasteiger partial charge < -0.3 is 14.6 Å². The van der Waals surface area contributed by atoms with Gasteiger partial charge >= 0.3 is 6.03 Å². The molecular formula is C19H18FN3O4S. The lowest BCUT2D eigenvalue weighted by Crippen LogP contribution is -2.44. The van der Waals surface area contributed by atoms with Crippen molar-refractivity contribution in [3.63, 3.8) is 0 Å². The topological polar surface area (TPSA) is 82.9 Å². The second-order valence-electron chi connectivity index (χ2n) is 6.76. The highest BCUT2D eigenvalue weighted by molar-refractivity contribution is 7.99. The Labute approximate surface area is 164 Å². The zero-order chi connectivity index (χ0) is 19.9. The van der Waals surface area contributed by atoms with E-state index in [9.17, 15) is 18.8 Å².